The molecule has 2 aromatic rings. The molecule has 1 aromatic heterocycles. The minimum absolute atomic E-state index is 0.0312. The summed E-state index contributed by atoms with van der Waals surface area (Å²) in [4.78, 5) is 18.5. The number of amides is 1. The largest absolute Gasteiger partial charge is 0.496 e. The Bertz CT molecular complexity index is 1010. The summed E-state index contributed by atoms with van der Waals surface area (Å²) in [6.07, 6.45) is -3.14. The third-order valence-corrected chi connectivity index (χ3v) is 5.15. The molecule has 1 fully saturated rings. The number of carbonyl (C=O) groups is 1. The summed E-state index contributed by atoms with van der Waals surface area (Å²) < 4.78 is 49.6. The second-order valence-corrected chi connectivity index (χ2v) is 8.83. The van der Waals surface area contributed by atoms with Gasteiger partial charge in [-0.3, -0.25) is 0 Å². The molecule has 0 bridgehead atoms. The lowest BCUT2D eigenvalue weighted by molar-refractivity contribution is -0.137. The highest BCUT2D eigenvalue weighted by Gasteiger charge is 2.33. The summed E-state index contributed by atoms with van der Waals surface area (Å²) >= 11 is 0. The maximum Gasteiger partial charge on any atom is 0.416 e. The van der Waals surface area contributed by atoms with E-state index in [1.165, 1.54) is 13.2 Å². The van der Waals surface area contributed by atoms with E-state index >= 15 is 0 Å². The molecule has 1 amide bonds. The Balaban J connectivity index is 1.72. The number of halogens is 3. The first-order valence-electron chi connectivity index (χ1n) is 10.6. The van der Waals surface area contributed by atoms with E-state index in [9.17, 15) is 18.0 Å². The number of nitrogens with zero attached hydrogens (tertiary/aromatic N) is 4. The van der Waals surface area contributed by atoms with Gasteiger partial charge in [-0.05, 0) is 58.7 Å². The van der Waals surface area contributed by atoms with Crippen LogP contribution in [0.4, 0.5) is 23.9 Å². The van der Waals surface area contributed by atoms with Crippen LogP contribution in [0.15, 0.2) is 18.2 Å². The third-order valence-electron chi connectivity index (χ3n) is 5.15. The van der Waals surface area contributed by atoms with Crippen molar-refractivity contribution in [1.29, 1.82) is 0 Å². The number of aryl methyl sites for hydroxylation is 1. The summed E-state index contributed by atoms with van der Waals surface area (Å²) in [7, 11) is 1.29. The fourth-order valence-corrected chi connectivity index (χ4v) is 3.61. The predicted octanol–water partition coefficient (Wildman–Crippen LogP) is 4.69. The average molecular weight is 467 g/mol. The molecule has 0 aliphatic carbocycles. The fraction of sp³-hybridized carbons (Fsp3) is 0.545. The number of benzene rings is 1. The number of likely N-dealkylation sites (tertiary alicyclic amines) is 1. The normalized spacial score (nSPS) is 16.6. The summed E-state index contributed by atoms with van der Waals surface area (Å²) in [6.45, 7) is 8.20. The molecule has 180 valence electrons. The highest BCUT2D eigenvalue weighted by Crippen LogP contribution is 2.37. The zero-order valence-electron chi connectivity index (χ0n) is 19.3. The monoisotopic (exact) mass is 467 g/mol. The lowest BCUT2D eigenvalue weighted by atomic mass is 10.1. The molecule has 0 unspecified atom stereocenters. The van der Waals surface area contributed by atoms with Gasteiger partial charge >= 0.3 is 12.3 Å². The first-order chi connectivity index (χ1) is 15.4. The minimum Gasteiger partial charge on any atom is -0.496 e. The molecule has 0 radical (unpaired) electrons. The molecule has 1 saturated heterocycles. The number of methoxy groups -OCH3 is 1. The zero-order valence-corrected chi connectivity index (χ0v) is 19.3. The van der Waals surface area contributed by atoms with E-state index in [0.29, 0.717) is 30.0 Å². The summed E-state index contributed by atoms with van der Waals surface area (Å²) in [6, 6.07) is 3.12. The number of carbonyl (C=O) groups excluding carboxylic acids is 1. The number of aromatic nitrogens is 3. The molecule has 2 heterocycles. The van der Waals surface area contributed by atoms with Crippen molar-refractivity contribution in [3.05, 3.63) is 29.5 Å². The molecular weight excluding hydrogens is 439 g/mol. The Morgan fingerprint density at radius 3 is 2.58 bits per heavy atom. The molecule has 1 aliphatic rings. The topological polar surface area (TPSA) is 89.5 Å². The van der Waals surface area contributed by atoms with Crippen molar-refractivity contribution < 1.29 is 27.4 Å². The Morgan fingerprint density at radius 1 is 1.24 bits per heavy atom. The van der Waals surface area contributed by atoms with Gasteiger partial charge in [-0.15, -0.1) is 10.2 Å². The van der Waals surface area contributed by atoms with Crippen LogP contribution in [0.2, 0.25) is 0 Å². The van der Waals surface area contributed by atoms with Crippen molar-refractivity contribution in [1.82, 2.24) is 20.1 Å². The van der Waals surface area contributed by atoms with Crippen LogP contribution in [0.3, 0.4) is 0 Å². The Hall–Kier alpha value is -3.11. The summed E-state index contributed by atoms with van der Waals surface area (Å²) in [5, 5.41) is 11.3. The molecule has 3 rings (SSSR count). The first kappa shape index (κ1) is 24.5. The molecule has 1 N–H and O–H groups in total. The molecule has 1 atom stereocenters. The van der Waals surface area contributed by atoms with Gasteiger partial charge in [-0.25, -0.2) is 9.78 Å². The van der Waals surface area contributed by atoms with Crippen LogP contribution >= 0.6 is 0 Å². The van der Waals surface area contributed by atoms with Gasteiger partial charge in [-0.2, -0.15) is 13.2 Å². The molecule has 0 saturated carbocycles. The molecule has 8 nitrogen and oxygen atoms in total. The number of hydrogen-bond donors (Lipinski definition) is 1. The van der Waals surface area contributed by atoms with Gasteiger partial charge in [0.05, 0.1) is 24.4 Å². The Labute approximate surface area is 190 Å². The van der Waals surface area contributed by atoms with Crippen molar-refractivity contribution in [3.8, 4) is 17.0 Å². The molecule has 1 aliphatic heterocycles. The zero-order chi connectivity index (χ0) is 24.4. The van der Waals surface area contributed by atoms with Crippen LogP contribution in [-0.2, 0) is 10.9 Å². The van der Waals surface area contributed by atoms with Crippen molar-refractivity contribution in [3.63, 3.8) is 0 Å². The number of nitrogens with one attached hydrogen (secondary N) is 1. The average Bonchev–Trinajstić information content (AvgIpc) is 3.19. The van der Waals surface area contributed by atoms with Gasteiger partial charge in [0.25, 0.3) is 0 Å². The maximum absolute atomic E-state index is 13.0. The maximum atomic E-state index is 13.0. The van der Waals surface area contributed by atoms with Gasteiger partial charge in [0, 0.05) is 18.7 Å². The fourth-order valence-electron chi connectivity index (χ4n) is 3.61. The molecule has 33 heavy (non-hydrogen) atoms. The van der Waals surface area contributed by atoms with Crippen LogP contribution in [0.1, 0.15) is 44.9 Å². The molecule has 0 spiro atoms. The van der Waals surface area contributed by atoms with E-state index in [2.05, 4.69) is 20.5 Å². The lowest BCUT2D eigenvalue weighted by Crippen LogP contribution is -2.42. The van der Waals surface area contributed by atoms with Crippen LogP contribution in [0.25, 0.3) is 11.3 Å². The van der Waals surface area contributed by atoms with Gasteiger partial charge < -0.3 is 19.7 Å². The van der Waals surface area contributed by atoms with Gasteiger partial charge in [0.15, 0.2) is 0 Å². The van der Waals surface area contributed by atoms with Crippen molar-refractivity contribution in [2.24, 2.45) is 0 Å². The Morgan fingerprint density at radius 2 is 1.97 bits per heavy atom. The summed E-state index contributed by atoms with van der Waals surface area (Å²) in [5.41, 5.74) is -0.229. The molecular formula is C22H28F3N5O3. The first-order valence-corrected chi connectivity index (χ1v) is 10.6. The van der Waals surface area contributed by atoms with Crippen molar-refractivity contribution in [2.45, 2.75) is 58.4 Å². The predicted molar refractivity (Wildman–Crippen MR) is 116 cm³/mol. The second-order valence-electron chi connectivity index (χ2n) is 8.83. The number of anilines is 1. The number of rotatable bonds is 5. The van der Waals surface area contributed by atoms with Crippen LogP contribution in [-0.4, -0.2) is 58.0 Å². The van der Waals surface area contributed by atoms with E-state index in [-0.39, 0.29) is 23.8 Å². The number of hydrogen-bond acceptors (Lipinski definition) is 7. The minimum atomic E-state index is -4.48. The van der Waals surface area contributed by atoms with Crippen molar-refractivity contribution >= 4 is 12.0 Å². The smallest absolute Gasteiger partial charge is 0.416 e. The van der Waals surface area contributed by atoms with E-state index in [0.717, 1.165) is 25.0 Å². The third kappa shape index (κ3) is 6.02. The van der Waals surface area contributed by atoms with E-state index < -0.39 is 17.3 Å². The summed E-state index contributed by atoms with van der Waals surface area (Å²) in [5.74, 6) is 0.293. The van der Waals surface area contributed by atoms with Crippen molar-refractivity contribution in [2.75, 3.05) is 25.5 Å². The van der Waals surface area contributed by atoms with E-state index in [1.54, 1.807) is 11.8 Å². The van der Waals surface area contributed by atoms with Gasteiger partial charge in [0.2, 0.25) is 5.95 Å². The second kappa shape index (κ2) is 9.40. The standard InChI is InChI=1S/C22H28F3N5O3/c1-13-18(16-9-8-14(22(23,24)25)11-17(16)32-5)28-29-19(27-13)26-12-15-7-6-10-30(15)20(31)33-21(2,3)4/h8-9,11,15H,6-7,10,12H2,1-5H3,(H,26,27,29)/t15-/m0/s1. The molecule has 11 heteroatoms. The highest BCUT2D eigenvalue weighted by molar-refractivity contribution is 5.70. The van der Waals surface area contributed by atoms with E-state index in [1.807, 2.05) is 20.8 Å². The van der Waals surface area contributed by atoms with E-state index in [4.69, 9.17) is 9.47 Å². The van der Waals surface area contributed by atoms with Crippen LogP contribution < -0.4 is 10.1 Å². The highest BCUT2D eigenvalue weighted by atomic mass is 19.4. The van der Waals surface area contributed by atoms with Crippen LogP contribution in [0.5, 0.6) is 5.75 Å². The van der Waals surface area contributed by atoms with Gasteiger partial charge in [0.1, 0.15) is 17.0 Å². The number of alkyl halides is 3. The lowest BCUT2D eigenvalue weighted by Gasteiger charge is -2.28. The van der Waals surface area contributed by atoms with Crippen LogP contribution in [0, 0.1) is 6.92 Å². The SMILES string of the molecule is COc1cc(C(F)(F)F)ccc1-c1nnc(NC[C@@H]2CCCN2C(=O)OC(C)(C)C)nc1C. The quantitative estimate of drug-likeness (QED) is 0.683. The van der Waals surface area contributed by atoms with Gasteiger partial charge in [-0.1, -0.05) is 0 Å². The Kier molecular flexibility index (Phi) is 6.99. The molecule has 1 aromatic carbocycles. The number of ether oxygens (including phenoxy) is 2.